The van der Waals surface area contributed by atoms with E-state index in [4.69, 9.17) is 5.73 Å². The molecule has 1 aromatic rings. The van der Waals surface area contributed by atoms with Crippen LogP contribution in [-0.4, -0.2) is 66.7 Å². The van der Waals surface area contributed by atoms with Gasteiger partial charge in [-0.2, -0.15) is 4.31 Å². The number of nitrogens with zero attached hydrogens (tertiary/aromatic N) is 2. The minimum atomic E-state index is -3.74. The maximum atomic E-state index is 15.2. The number of alkyl halides is 3. The zero-order chi connectivity index (χ0) is 22.3. The Balaban J connectivity index is 1.32. The quantitative estimate of drug-likeness (QED) is 0.708. The number of nitrogens with two attached hydrogens (primary N) is 1. The van der Waals surface area contributed by atoms with Crippen LogP contribution in [0.1, 0.15) is 38.5 Å². The fraction of sp³-hybridized carbons (Fsp3) is 0.667. The molecule has 6 nitrogen and oxygen atoms in total. The Bertz CT molecular complexity index is 971. The molecule has 31 heavy (non-hydrogen) atoms. The molecule has 4 saturated carbocycles. The summed E-state index contributed by atoms with van der Waals surface area (Å²) >= 11 is 0. The fourth-order valence-corrected chi connectivity index (χ4v) is 8.18. The third kappa shape index (κ3) is 3.33. The smallest absolute Gasteiger partial charge is 0.243 e. The molecule has 1 heterocycles. The van der Waals surface area contributed by atoms with Gasteiger partial charge in [-0.25, -0.2) is 21.6 Å². The van der Waals surface area contributed by atoms with Crippen molar-refractivity contribution in [3.05, 3.63) is 24.3 Å². The Morgan fingerprint density at radius 1 is 0.806 bits per heavy atom. The number of rotatable bonds is 3. The van der Waals surface area contributed by atoms with E-state index < -0.39 is 38.4 Å². The highest BCUT2D eigenvalue weighted by atomic mass is 32.2. The van der Waals surface area contributed by atoms with Gasteiger partial charge in [0.15, 0.2) is 0 Å². The summed E-state index contributed by atoms with van der Waals surface area (Å²) in [6.07, 6.45) is -1.47. The second kappa shape index (κ2) is 6.37. The van der Waals surface area contributed by atoms with E-state index in [1.54, 1.807) is 0 Å². The summed E-state index contributed by atoms with van der Waals surface area (Å²) in [5, 5.41) is 0. The molecule has 5 fully saturated rings. The Labute approximate surface area is 179 Å². The van der Waals surface area contributed by atoms with Crippen molar-refractivity contribution in [1.29, 1.82) is 0 Å². The van der Waals surface area contributed by atoms with Gasteiger partial charge in [-0.3, -0.25) is 4.79 Å². The molecule has 0 spiro atoms. The van der Waals surface area contributed by atoms with E-state index in [1.807, 2.05) is 0 Å². The van der Waals surface area contributed by atoms with Crippen LogP contribution in [-0.2, 0) is 14.8 Å². The number of nitrogen functional groups attached to an aromatic ring is 1. The molecule has 4 aliphatic carbocycles. The number of hydrogen-bond donors (Lipinski definition) is 1. The second-order valence-electron chi connectivity index (χ2n) is 10.1. The maximum Gasteiger partial charge on any atom is 0.243 e. The van der Waals surface area contributed by atoms with Gasteiger partial charge in [-0.1, -0.05) is 0 Å². The molecule has 4 bridgehead atoms. The Morgan fingerprint density at radius 2 is 1.26 bits per heavy atom. The van der Waals surface area contributed by atoms with Crippen molar-refractivity contribution in [1.82, 2.24) is 9.21 Å². The Hall–Kier alpha value is -1.81. The molecule has 1 aliphatic heterocycles. The van der Waals surface area contributed by atoms with E-state index in [1.165, 1.54) is 33.5 Å². The van der Waals surface area contributed by atoms with E-state index in [-0.39, 0.29) is 69.6 Å². The van der Waals surface area contributed by atoms with Crippen LogP contribution in [0.5, 0.6) is 0 Å². The molecule has 170 valence electrons. The fourth-order valence-electron chi connectivity index (χ4n) is 6.76. The van der Waals surface area contributed by atoms with E-state index in [0.29, 0.717) is 5.69 Å². The molecule has 0 atom stereocenters. The molecule has 1 amide bonds. The molecule has 0 unspecified atom stereocenters. The first-order chi connectivity index (χ1) is 14.4. The predicted octanol–water partition coefficient (Wildman–Crippen LogP) is 2.59. The van der Waals surface area contributed by atoms with E-state index in [9.17, 15) is 13.2 Å². The SMILES string of the molecule is Nc1ccc(S(=O)(=O)N2CCN(C(=O)C34CC5(F)CC(F)(CC(F)(C5)C3)C4)CC2)cc1. The molecule has 1 aromatic carbocycles. The molecular weight excluding hydrogens is 431 g/mol. The minimum Gasteiger partial charge on any atom is -0.399 e. The average molecular weight is 458 g/mol. The highest BCUT2D eigenvalue weighted by Crippen LogP contribution is 2.68. The lowest BCUT2D eigenvalue weighted by molar-refractivity contribution is -0.221. The number of piperazine rings is 1. The lowest BCUT2D eigenvalue weighted by atomic mass is 9.46. The van der Waals surface area contributed by atoms with Gasteiger partial charge in [-0.05, 0) is 43.5 Å². The summed E-state index contributed by atoms with van der Waals surface area (Å²) in [5.41, 5.74) is -1.29. The number of hydrogen-bond acceptors (Lipinski definition) is 4. The highest BCUT2D eigenvalue weighted by Gasteiger charge is 2.72. The van der Waals surface area contributed by atoms with Crippen LogP contribution < -0.4 is 5.73 Å². The van der Waals surface area contributed by atoms with Crippen molar-refractivity contribution in [3.63, 3.8) is 0 Å². The summed E-state index contributed by atoms with van der Waals surface area (Å²) < 4.78 is 72.7. The zero-order valence-corrected chi connectivity index (χ0v) is 17.9. The van der Waals surface area contributed by atoms with Crippen molar-refractivity contribution in [2.24, 2.45) is 5.41 Å². The molecule has 10 heteroatoms. The van der Waals surface area contributed by atoms with Crippen LogP contribution >= 0.6 is 0 Å². The van der Waals surface area contributed by atoms with Crippen molar-refractivity contribution >= 4 is 21.6 Å². The van der Waals surface area contributed by atoms with Gasteiger partial charge in [0.05, 0.1) is 10.3 Å². The standard InChI is InChI=1S/C21H26F3N3O3S/c22-19-9-18(10-20(23,12-19)14-21(24,11-18)13-19)17(28)26-5-7-27(8-6-26)31(29,30)16-3-1-15(25)2-4-16/h1-4H,5-14,25H2. The molecule has 2 N–H and O–H groups in total. The Kier molecular flexibility index (Phi) is 4.33. The van der Waals surface area contributed by atoms with Crippen LogP contribution in [0.15, 0.2) is 29.2 Å². The van der Waals surface area contributed by atoms with Crippen molar-refractivity contribution < 1.29 is 26.4 Å². The summed E-state index contributed by atoms with van der Waals surface area (Å²) in [6, 6.07) is 5.87. The number of halogens is 3. The summed E-state index contributed by atoms with van der Waals surface area (Å²) in [6.45, 7) is 0.340. The number of carbonyl (C=O) groups is 1. The maximum absolute atomic E-state index is 15.2. The predicted molar refractivity (Wildman–Crippen MR) is 108 cm³/mol. The van der Waals surface area contributed by atoms with E-state index in [2.05, 4.69) is 0 Å². The van der Waals surface area contributed by atoms with Crippen LogP contribution in [0.2, 0.25) is 0 Å². The summed E-state index contributed by atoms with van der Waals surface area (Å²) in [5.74, 6) is -0.442. The number of anilines is 1. The van der Waals surface area contributed by atoms with Gasteiger partial charge in [0.2, 0.25) is 15.9 Å². The third-order valence-electron chi connectivity index (χ3n) is 7.36. The van der Waals surface area contributed by atoms with Gasteiger partial charge < -0.3 is 10.6 Å². The van der Waals surface area contributed by atoms with Gasteiger partial charge >= 0.3 is 0 Å². The van der Waals surface area contributed by atoms with Crippen molar-refractivity contribution in [2.45, 2.75) is 60.4 Å². The van der Waals surface area contributed by atoms with Gasteiger partial charge in [0.1, 0.15) is 17.0 Å². The van der Waals surface area contributed by atoms with Crippen molar-refractivity contribution in [3.8, 4) is 0 Å². The number of carbonyl (C=O) groups excluding carboxylic acids is 1. The van der Waals surface area contributed by atoms with Crippen LogP contribution in [0.25, 0.3) is 0 Å². The molecule has 6 rings (SSSR count). The first kappa shape index (κ1) is 21.1. The molecular formula is C21H26F3N3O3S. The van der Waals surface area contributed by atoms with Gasteiger partial charge in [-0.15, -0.1) is 0 Å². The number of benzene rings is 1. The summed E-state index contributed by atoms with van der Waals surface area (Å²) in [4.78, 5) is 15.0. The lowest BCUT2D eigenvalue weighted by Crippen LogP contribution is -2.69. The van der Waals surface area contributed by atoms with Crippen molar-refractivity contribution in [2.75, 3.05) is 31.9 Å². The number of amides is 1. The summed E-state index contributed by atoms with van der Waals surface area (Å²) in [7, 11) is -3.74. The first-order valence-corrected chi connectivity index (χ1v) is 12.0. The lowest BCUT2D eigenvalue weighted by Gasteiger charge is -2.63. The largest absolute Gasteiger partial charge is 0.399 e. The second-order valence-corrected chi connectivity index (χ2v) is 12.0. The highest BCUT2D eigenvalue weighted by molar-refractivity contribution is 7.89. The zero-order valence-electron chi connectivity index (χ0n) is 17.1. The van der Waals surface area contributed by atoms with E-state index in [0.717, 1.165) is 0 Å². The average Bonchev–Trinajstić information content (AvgIpc) is 2.64. The van der Waals surface area contributed by atoms with Gasteiger partial charge in [0.25, 0.3) is 0 Å². The molecule has 0 radical (unpaired) electrons. The molecule has 5 aliphatic rings. The normalized spacial score (nSPS) is 40.3. The van der Waals surface area contributed by atoms with Crippen LogP contribution in [0.3, 0.4) is 0 Å². The van der Waals surface area contributed by atoms with Crippen LogP contribution in [0.4, 0.5) is 18.9 Å². The van der Waals surface area contributed by atoms with Crippen LogP contribution in [0, 0.1) is 5.41 Å². The number of sulfonamides is 1. The monoisotopic (exact) mass is 457 g/mol. The first-order valence-electron chi connectivity index (χ1n) is 10.6. The van der Waals surface area contributed by atoms with Gasteiger partial charge in [0, 0.05) is 51.1 Å². The topological polar surface area (TPSA) is 83.7 Å². The third-order valence-corrected chi connectivity index (χ3v) is 9.28. The van der Waals surface area contributed by atoms with E-state index >= 15 is 13.2 Å². The minimum absolute atomic E-state index is 0.0663. The molecule has 0 aromatic heterocycles. The Morgan fingerprint density at radius 3 is 1.71 bits per heavy atom. The molecule has 1 saturated heterocycles.